The van der Waals surface area contributed by atoms with E-state index in [9.17, 15) is 14.7 Å². The number of aliphatic hydroxyl groups is 1. The molecule has 2 saturated heterocycles. The van der Waals surface area contributed by atoms with Crippen LogP contribution in [0.25, 0.3) is 5.76 Å². The van der Waals surface area contributed by atoms with Crippen LogP contribution >= 0.6 is 0 Å². The van der Waals surface area contributed by atoms with E-state index in [0.29, 0.717) is 50.7 Å². The van der Waals surface area contributed by atoms with Gasteiger partial charge in [0.2, 0.25) is 0 Å². The van der Waals surface area contributed by atoms with E-state index in [0.717, 1.165) is 54.9 Å². The van der Waals surface area contributed by atoms with Crippen LogP contribution in [0.4, 0.5) is 0 Å². The van der Waals surface area contributed by atoms with Crippen LogP contribution in [-0.4, -0.2) is 72.6 Å². The fourth-order valence-corrected chi connectivity index (χ4v) is 5.62. The highest BCUT2D eigenvalue weighted by Gasteiger charge is 2.45. The van der Waals surface area contributed by atoms with Gasteiger partial charge < -0.3 is 24.2 Å². The minimum absolute atomic E-state index is 0.0922. The number of amides is 1. The number of nitrogens with zero attached hydrogens (tertiary/aromatic N) is 2. The number of Topliss-reactive ketones (excluding diaryl/α,β-unsaturated/α-hetero) is 1. The van der Waals surface area contributed by atoms with Gasteiger partial charge in [-0.1, -0.05) is 49.7 Å². The lowest BCUT2D eigenvalue weighted by Gasteiger charge is -2.29. The van der Waals surface area contributed by atoms with E-state index < -0.39 is 17.7 Å². The van der Waals surface area contributed by atoms with Crippen molar-refractivity contribution in [3.8, 4) is 11.5 Å². The van der Waals surface area contributed by atoms with Crippen LogP contribution in [-0.2, 0) is 20.9 Å². The Bertz CT molecular complexity index is 1440. The SMILES string of the molecule is CCCCOc1ccc(C2C(=C(O)c3ccc(OCc4ccccc4C)cc3)C(=O)C(=O)N2CCCN2CCOCC2)cc1. The number of unbranched alkanes of at least 4 members (excludes halogenated alkanes) is 1. The van der Waals surface area contributed by atoms with Gasteiger partial charge in [-0.2, -0.15) is 0 Å². The fourth-order valence-electron chi connectivity index (χ4n) is 5.62. The average Bonchev–Trinajstić information content (AvgIpc) is 3.30. The molecule has 1 amide bonds. The fraction of sp³-hybridized carbons (Fsp3) is 0.389. The highest BCUT2D eigenvalue weighted by molar-refractivity contribution is 6.46. The summed E-state index contributed by atoms with van der Waals surface area (Å²) in [6, 6.07) is 21.8. The summed E-state index contributed by atoms with van der Waals surface area (Å²) in [4.78, 5) is 30.8. The Balaban J connectivity index is 1.38. The highest BCUT2D eigenvalue weighted by Crippen LogP contribution is 2.40. The van der Waals surface area contributed by atoms with E-state index in [-0.39, 0.29) is 11.3 Å². The van der Waals surface area contributed by atoms with E-state index in [2.05, 4.69) is 11.8 Å². The van der Waals surface area contributed by atoms with Gasteiger partial charge in [0.25, 0.3) is 11.7 Å². The number of morpholine rings is 1. The van der Waals surface area contributed by atoms with Crippen molar-refractivity contribution in [2.24, 2.45) is 0 Å². The minimum atomic E-state index is -0.707. The van der Waals surface area contributed by atoms with Crippen LogP contribution in [0.15, 0.2) is 78.4 Å². The van der Waals surface area contributed by atoms with Crippen molar-refractivity contribution in [2.75, 3.05) is 46.0 Å². The summed E-state index contributed by atoms with van der Waals surface area (Å²) in [5.74, 6) is -0.101. The first-order chi connectivity index (χ1) is 21.5. The van der Waals surface area contributed by atoms with Crippen molar-refractivity contribution >= 4 is 17.4 Å². The van der Waals surface area contributed by atoms with Crippen LogP contribution in [0.1, 0.15) is 54.5 Å². The van der Waals surface area contributed by atoms with Crippen molar-refractivity contribution in [3.05, 3.63) is 101 Å². The predicted octanol–water partition coefficient (Wildman–Crippen LogP) is 5.90. The first-order valence-electron chi connectivity index (χ1n) is 15.5. The number of hydrogen-bond acceptors (Lipinski definition) is 7. The summed E-state index contributed by atoms with van der Waals surface area (Å²) in [5.41, 5.74) is 3.53. The number of likely N-dealkylation sites (tertiary alicyclic amines) is 1. The quantitative estimate of drug-likeness (QED) is 0.114. The molecular weight excluding hydrogens is 556 g/mol. The van der Waals surface area contributed by atoms with E-state index in [1.807, 2.05) is 55.5 Å². The molecule has 0 aliphatic carbocycles. The lowest BCUT2D eigenvalue weighted by atomic mass is 9.95. The second-order valence-electron chi connectivity index (χ2n) is 11.3. The van der Waals surface area contributed by atoms with Crippen molar-refractivity contribution < 1.29 is 28.9 Å². The number of aryl methyl sites for hydroxylation is 1. The maximum atomic E-state index is 13.5. The first kappa shape index (κ1) is 31.3. The molecule has 1 unspecified atom stereocenters. The van der Waals surface area contributed by atoms with E-state index >= 15 is 0 Å². The van der Waals surface area contributed by atoms with Crippen LogP contribution in [0, 0.1) is 6.92 Å². The molecule has 2 aliphatic rings. The average molecular weight is 599 g/mol. The molecule has 0 bridgehead atoms. The van der Waals surface area contributed by atoms with Crippen LogP contribution in [0.5, 0.6) is 11.5 Å². The Labute approximate surface area is 259 Å². The summed E-state index contributed by atoms with van der Waals surface area (Å²) < 4.78 is 17.3. The number of rotatable bonds is 13. The largest absolute Gasteiger partial charge is 0.507 e. The van der Waals surface area contributed by atoms with Gasteiger partial charge in [0, 0.05) is 31.7 Å². The lowest BCUT2D eigenvalue weighted by Crippen LogP contribution is -2.38. The molecule has 2 heterocycles. The maximum Gasteiger partial charge on any atom is 0.295 e. The number of hydrogen-bond donors (Lipinski definition) is 1. The number of benzene rings is 3. The lowest BCUT2D eigenvalue weighted by molar-refractivity contribution is -0.140. The Morgan fingerprint density at radius 2 is 1.57 bits per heavy atom. The Kier molecular flexibility index (Phi) is 10.7. The zero-order valence-electron chi connectivity index (χ0n) is 25.7. The minimum Gasteiger partial charge on any atom is -0.507 e. The molecule has 0 saturated carbocycles. The third-order valence-corrected chi connectivity index (χ3v) is 8.26. The molecule has 2 aliphatic heterocycles. The third kappa shape index (κ3) is 7.49. The van der Waals surface area contributed by atoms with Crippen molar-refractivity contribution in [1.82, 2.24) is 9.80 Å². The standard InChI is InChI=1S/C36H42N2O6/c1-3-4-22-43-30-14-10-27(11-15-30)33-32(35(40)36(41)38(33)19-7-18-37-20-23-42-24-21-37)34(39)28-12-16-31(17-13-28)44-25-29-9-6-5-8-26(29)2/h5-6,8-17,33,39H,3-4,7,18-25H2,1-2H3. The highest BCUT2D eigenvalue weighted by atomic mass is 16.5. The third-order valence-electron chi connectivity index (χ3n) is 8.26. The van der Waals surface area contributed by atoms with Crippen LogP contribution < -0.4 is 9.47 Å². The van der Waals surface area contributed by atoms with E-state index in [4.69, 9.17) is 14.2 Å². The van der Waals surface area contributed by atoms with Crippen molar-refractivity contribution in [2.45, 2.75) is 45.8 Å². The Morgan fingerprint density at radius 1 is 0.886 bits per heavy atom. The smallest absolute Gasteiger partial charge is 0.295 e. The molecular formula is C36H42N2O6. The molecule has 232 valence electrons. The summed E-state index contributed by atoms with van der Waals surface area (Å²) in [7, 11) is 0. The summed E-state index contributed by atoms with van der Waals surface area (Å²) in [6.45, 7) is 9.50. The van der Waals surface area contributed by atoms with Crippen molar-refractivity contribution in [3.63, 3.8) is 0 Å². The number of carbonyl (C=O) groups excluding carboxylic acids is 2. The number of ketones is 1. The van der Waals surface area contributed by atoms with Gasteiger partial charge in [0.1, 0.15) is 23.9 Å². The molecule has 0 aromatic heterocycles. The Hall–Kier alpha value is -4.14. The molecule has 0 spiro atoms. The van der Waals surface area contributed by atoms with Gasteiger partial charge in [-0.3, -0.25) is 14.5 Å². The molecule has 3 aromatic carbocycles. The van der Waals surface area contributed by atoms with E-state index in [1.165, 1.54) is 0 Å². The number of aliphatic hydroxyl groups excluding tert-OH is 1. The number of ether oxygens (including phenoxy) is 3. The van der Waals surface area contributed by atoms with Gasteiger partial charge in [-0.05, 0) is 72.9 Å². The molecule has 8 heteroatoms. The zero-order chi connectivity index (χ0) is 30.9. The molecule has 0 radical (unpaired) electrons. The van der Waals surface area contributed by atoms with Gasteiger partial charge in [-0.15, -0.1) is 0 Å². The molecule has 8 nitrogen and oxygen atoms in total. The second-order valence-corrected chi connectivity index (χ2v) is 11.3. The van der Waals surface area contributed by atoms with Gasteiger partial charge >= 0.3 is 0 Å². The topological polar surface area (TPSA) is 88.5 Å². The molecule has 1 N–H and O–H groups in total. The summed E-state index contributed by atoms with van der Waals surface area (Å²) in [6.07, 6.45) is 2.70. The Morgan fingerprint density at radius 3 is 2.27 bits per heavy atom. The van der Waals surface area contributed by atoms with Crippen LogP contribution in [0.3, 0.4) is 0 Å². The monoisotopic (exact) mass is 598 g/mol. The molecule has 5 rings (SSSR count). The van der Waals surface area contributed by atoms with Gasteiger partial charge in [-0.25, -0.2) is 0 Å². The number of carbonyl (C=O) groups is 2. The maximum absolute atomic E-state index is 13.5. The van der Waals surface area contributed by atoms with E-state index in [1.54, 1.807) is 29.2 Å². The second kappa shape index (κ2) is 15.0. The summed E-state index contributed by atoms with van der Waals surface area (Å²) in [5, 5.41) is 11.5. The molecule has 3 aromatic rings. The zero-order valence-corrected chi connectivity index (χ0v) is 25.7. The first-order valence-corrected chi connectivity index (χ1v) is 15.5. The summed E-state index contributed by atoms with van der Waals surface area (Å²) >= 11 is 0. The molecule has 44 heavy (non-hydrogen) atoms. The van der Waals surface area contributed by atoms with Crippen LogP contribution in [0.2, 0.25) is 0 Å². The molecule has 1 atom stereocenters. The van der Waals surface area contributed by atoms with Gasteiger partial charge in [0.15, 0.2) is 0 Å². The normalized spacial score (nSPS) is 18.5. The van der Waals surface area contributed by atoms with Crippen molar-refractivity contribution in [1.29, 1.82) is 0 Å². The van der Waals surface area contributed by atoms with Gasteiger partial charge in [0.05, 0.1) is 31.4 Å². The predicted molar refractivity (Wildman–Crippen MR) is 170 cm³/mol. The molecule has 2 fully saturated rings.